The molecule has 0 saturated heterocycles. The Morgan fingerprint density at radius 2 is 2.13 bits per heavy atom. The highest BCUT2D eigenvalue weighted by molar-refractivity contribution is 5.93. The van der Waals surface area contributed by atoms with Crippen LogP contribution in [-0.4, -0.2) is 34.8 Å². The van der Waals surface area contributed by atoms with Gasteiger partial charge in [-0.2, -0.15) is 13.9 Å². The number of pyridine rings is 1. The molecule has 0 spiro atoms. The number of aromatic nitrogens is 3. The van der Waals surface area contributed by atoms with Gasteiger partial charge in [0, 0.05) is 18.8 Å². The number of rotatable bonds is 6. The third-order valence-electron chi connectivity index (χ3n) is 2.62. The van der Waals surface area contributed by atoms with Crippen molar-refractivity contribution in [3.8, 4) is 11.8 Å². The second-order valence-corrected chi connectivity index (χ2v) is 4.18. The van der Waals surface area contributed by atoms with Gasteiger partial charge in [0.25, 0.3) is 11.8 Å². The van der Waals surface area contributed by atoms with Crippen LogP contribution in [0.2, 0.25) is 0 Å². The molecule has 0 atom stereocenters. The maximum atomic E-state index is 13.5. The van der Waals surface area contributed by atoms with Crippen molar-refractivity contribution in [2.75, 3.05) is 7.11 Å². The largest absolute Gasteiger partial charge is 0.480 e. The minimum atomic E-state index is -3.20. The summed E-state index contributed by atoms with van der Waals surface area (Å²) in [5.41, 5.74) is 0.467. The van der Waals surface area contributed by atoms with Crippen molar-refractivity contribution in [3.63, 3.8) is 0 Å². The Labute approximate surface area is 128 Å². The summed E-state index contributed by atoms with van der Waals surface area (Å²) in [5.74, 6) is -2.40. The summed E-state index contributed by atoms with van der Waals surface area (Å²) in [5, 5.41) is 9.84. The molecule has 0 aromatic carbocycles. The Balaban J connectivity index is 2.01. The number of halogens is 3. The zero-order chi connectivity index (χ0) is 16.8. The Hall–Kier alpha value is -2.91. The molecule has 0 aliphatic carbocycles. The molecule has 0 bridgehead atoms. The molecule has 10 heteroatoms. The average Bonchev–Trinajstić information content (AvgIpc) is 2.54. The molecule has 1 amide bonds. The van der Waals surface area contributed by atoms with Gasteiger partial charge in [-0.3, -0.25) is 4.79 Å². The third-order valence-corrected chi connectivity index (χ3v) is 2.62. The minimum absolute atomic E-state index is 0.0849. The number of ether oxygens (including phenoxy) is 2. The number of nitrogens with one attached hydrogen (secondary N) is 1. The lowest BCUT2D eigenvalue weighted by Gasteiger charge is -2.08. The van der Waals surface area contributed by atoms with Gasteiger partial charge in [0.1, 0.15) is 0 Å². The zero-order valence-corrected chi connectivity index (χ0v) is 11.8. The van der Waals surface area contributed by atoms with Gasteiger partial charge in [-0.15, -0.1) is 5.10 Å². The minimum Gasteiger partial charge on any atom is -0.480 e. The molecule has 7 nitrogen and oxygen atoms in total. The first kappa shape index (κ1) is 16.5. The van der Waals surface area contributed by atoms with E-state index < -0.39 is 24.2 Å². The van der Waals surface area contributed by atoms with Crippen LogP contribution >= 0.6 is 0 Å². The van der Waals surface area contributed by atoms with Gasteiger partial charge in [-0.05, 0) is 11.6 Å². The van der Waals surface area contributed by atoms with Crippen LogP contribution in [0.5, 0.6) is 11.8 Å². The summed E-state index contributed by atoms with van der Waals surface area (Å²) in [6.07, 6.45) is 2.35. The first-order chi connectivity index (χ1) is 11.0. The highest BCUT2D eigenvalue weighted by atomic mass is 19.3. The van der Waals surface area contributed by atoms with Crippen molar-refractivity contribution >= 4 is 5.91 Å². The highest BCUT2D eigenvalue weighted by Gasteiger charge is 2.15. The first-order valence-electron chi connectivity index (χ1n) is 6.23. The van der Waals surface area contributed by atoms with Crippen molar-refractivity contribution in [2.24, 2.45) is 0 Å². The number of carbonyl (C=O) groups is 1. The lowest BCUT2D eigenvalue weighted by atomic mass is 10.2. The molecule has 0 aliphatic heterocycles. The van der Waals surface area contributed by atoms with Gasteiger partial charge in [0.15, 0.2) is 5.82 Å². The second kappa shape index (κ2) is 7.38. The van der Waals surface area contributed by atoms with E-state index >= 15 is 0 Å². The predicted molar refractivity (Wildman–Crippen MR) is 70.6 cm³/mol. The van der Waals surface area contributed by atoms with Crippen LogP contribution in [0.3, 0.4) is 0 Å². The van der Waals surface area contributed by atoms with Crippen LogP contribution < -0.4 is 14.8 Å². The van der Waals surface area contributed by atoms with Gasteiger partial charge in [-0.1, -0.05) is 0 Å². The third kappa shape index (κ3) is 4.53. The molecular weight excluding hydrogens is 317 g/mol. The molecular formula is C13H11F3N4O3. The Morgan fingerprint density at radius 1 is 1.35 bits per heavy atom. The Kier molecular flexibility index (Phi) is 5.28. The van der Waals surface area contributed by atoms with Crippen LogP contribution in [0.25, 0.3) is 0 Å². The fourth-order valence-corrected chi connectivity index (χ4v) is 1.59. The predicted octanol–water partition coefficient (Wildman–Crippen LogP) is 1.55. The maximum Gasteiger partial charge on any atom is 0.388 e. The average molecular weight is 328 g/mol. The lowest BCUT2D eigenvalue weighted by molar-refractivity contribution is -0.0553. The number of amides is 1. The second-order valence-electron chi connectivity index (χ2n) is 4.18. The Bertz CT molecular complexity index is 700. The highest BCUT2D eigenvalue weighted by Crippen LogP contribution is 2.17. The Morgan fingerprint density at radius 3 is 2.78 bits per heavy atom. The summed E-state index contributed by atoms with van der Waals surface area (Å²) in [6.45, 7) is -3.12. The van der Waals surface area contributed by atoms with Crippen LogP contribution in [0.1, 0.15) is 15.9 Å². The van der Waals surface area contributed by atoms with E-state index in [0.29, 0.717) is 5.56 Å². The topological polar surface area (TPSA) is 86.2 Å². The summed E-state index contributed by atoms with van der Waals surface area (Å²) >= 11 is 0. The number of carbonyl (C=O) groups excluding carboxylic acids is 1. The number of hydrogen-bond acceptors (Lipinski definition) is 6. The van der Waals surface area contributed by atoms with Crippen molar-refractivity contribution in [1.29, 1.82) is 0 Å². The monoisotopic (exact) mass is 328 g/mol. The number of methoxy groups -OCH3 is 1. The van der Waals surface area contributed by atoms with E-state index in [1.165, 1.54) is 13.3 Å². The van der Waals surface area contributed by atoms with Gasteiger partial charge < -0.3 is 14.8 Å². The fraction of sp³-hybridized carbons (Fsp3) is 0.231. The van der Waals surface area contributed by atoms with E-state index in [2.05, 4.69) is 25.2 Å². The van der Waals surface area contributed by atoms with Crippen LogP contribution in [-0.2, 0) is 6.54 Å². The van der Waals surface area contributed by atoms with E-state index in [4.69, 9.17) is 4.74 Å². The molecule has 2 aromatic heterocycles. The lowest BCUT2D eigenvalue weighted by Crippen LogP contribution is -2.23. The molecule has 2 aromatic rings. The SMILES string of the molecule is COc1cc(CNC(=O)c2cnc(OC(F)F)c(F)c2)cnn1. The molecule has 2 heterocycles. The van der Waals surface area contributed by atoms with Gasteiger partial charge in [0.2, 0.25) is 5.88 Å². The van der Waals surface area contributed by atoms with E-state index in [1.807, 2.05) is 0 Å². The zero-order valence-electron chi connectivity index (χ0n) is 11.8. The standard InChI is InChI=1S/C13H11F3N4O3/c1-22-10-2-7(5-19-20-10)4-17-11(21)8-3-9(14)12(18-6-8)23-13(15)16/h2-3,5-6,13H,4H2,1H3,(H,17,21). The van der Waals surface area contributed by atoms with E-state index in [9.17, 15) is 18.0 Å². The number of hydrogen-bond donors (Lipinski definition) is 1. The molecule has 0 aliphatic rings. The van der Waals surface area contributed by atoms with Crippen molar-refractivity contribution in [1.82, 2.24) is 20.5 Å². The van der Waals surface area contributed by atoms with Crippen molar-refractivity contribution in [2.45, 2.75) is 13.2 Å². The molecule has 0 saturated carbocycles. The quantitative estimate of drug-likeness (QED) is 0.866. The smallest absolute Gasteiger partial charge is 0.388 e. The molecule has 0 fully saturated rings. The summed E-state index contributed by atoms with van der Waals surface area (Å²) < 4.78 is 46.2. The van der Waals surface area contributed by atoms with E-state index in [-0.39, 0.29) is 18.0 Å². The van der Waals surface area contributed by atoms with Crippen LogP contribution in [0.15, 0.2) is 24.5 Å². The van der Waals surface area contributed by atoms with Crippen molar-refractivity contribution in [3.05, 3.63) is 41.5 Å². The molecule has 23 heavy (non-hydrogen) atoms. The maximum absolute atomic E-state index is 13.5. The van der Waals surface area contributed by atoms with Crippen molar-refractivity contribution < 1.29 is 27.4 Å². The number of alkyl halides is 2. The normalized spacial score (nSPS) is 10.5. The molecule has 0 unspecified atom stereocenters. The van der Waals surface area contributed by atoms with Gasteiger partial charge in [0.05, 0.1) is 18.9 Å². The first-order valence-corrected chi connectivity index (χ1v) is 6.23. The number of nitrogens with zero attached hydrogens (tertiary/aromatic N) is 3. The fourth-order valence-electron chi connectivity index (χ4n) is 1.59. The summed E-state index contributed by atoms with van der Waals surface area (Å²) in [6, 6.07) is 2.32. The van der Waals surface area contributed by atoms with Crippen LogP contribution in [0.4, 0.5) is 13.2 Å². The van der Waals surface area contributed by atoms with Crippen LogP contribution in [0, 0.1) is 5.82 Å². The van der Waals surface area contributed by atoms with Gasteiger partial charge >= 0.3 is 6.61 Å². The molecule has 1 N–H and O–H groups in total. The van der Waals surface area contributed by atoms with E-state index in [0.717, 1.165) is 12.3 Å². The molecule has 0 radical (unpaired) electrons. The molecule has 2 rings (SSSR count). The summed E-state index contributed by atoms with van der Waals surface area (Å²) in [7, 11) is 1.42. The summed E-state index contributed by atoms with van der Waals surface area (Å²) in [4.78, 5) is 15.2. The van der Waals surface area contributed by atoms with E-state index in [1.54, 1.807) is 6.07 Å². The molecule has 122 valence electrons. The van der Waals surface area contributed by atoms with Gasteiger partial charge in [-0.25, -0.2) is 9.37 Å².